The maximum absolute atomic E-state index is 11.7. The van der Waals surface area contributed by atoms with Crippen LogP contribution < -0.4 is 10.1 Å². The molecule has 0 atom stereocenters. The highest BCUT2D eigenvalue weighted by Gasteiger charge is 2.25. The van der Waals surface area contributed by atoms with Gasteiger partial charge in [0, 0.05) is 6.04 Å². The van der Waals surface area contributed by atoms with Gasteiger partial charge in [-0.25, -0.2) is 4.79 Å². The van der Waals surface area contributed by atoms with Crippen molar-refractivity contribution in [2.45, 2.75) is 58.1 Å². The summed E-state index contributed by atoms with van der Waals surface area (Å²) < 4.78 is 10.9. The van der Waals surface area contributed by atoms with Gasteiger partial charge in [-0.2, -0.15) is 5.10 Å². The third-order valence-corrected chi connectivity index (χ3v) is 3.53. The number of aromatic amines is 1. The topological polar surface area (TPSA) is 76.2 Å². The number of ether oxygens (including phenoxy) is 2. The zero-order valence-corrected chi connectivity index (χ0v) is 13.0. The molecular weight excluding hydrogens is 270 g/mol. The normalized spacial score (nSPS) is 22.6. The lowest BCUT2D eigenvalue weighted by atomic mass is 9.86. The van der Waals surface area contributed by atoms with Gasteiger partial charge < -0.3 is 14.8 Å². The number of amides is 1. The monoisotopic (exact) mass is 295 g/mol. The second-order valence-corrected chi connectivity index (χ2v) is 6.61. The van der Waals surface area contributed by atoms with Crippen molar-refractivity contribution in [1.82, 2.24) is 15.5 Å². The molecule has 0 radical (unpaired) electrons. The smallest absolute Gasteiger partial charge is 0.407 e. The average Bonchev–Trinajstić information content (AvgIpc) is 2.89. The summed E-state index contributed by atoms with van der Waals surface area (Å²) in [6.07, 6.45) is 7.15. The lowest BCUT2D eigenvalue weighted by Crippen LogP contribution is -2.41. The molecule has 1 saturated carbocycles. The van der Waals surface area contributed by atoms with E-state index in [-0.39, 0.29) is 12.1 Å². The van der Waals surface area contributed by atoms with Crippen LogP contribution in [0.5, 0.6) is 5.75 Å². The Kier molecular flexibility index (Phi) is 5.09. The highest BCUT2D eigenvalue weighted by Crippen LogP contribution is 2.25. The van der Waals surface area contributed by atoms with Crippen LogP contribution in [0.2, 0.25) is 0 Å². The molecule has 0 bridgehead atoms. The Bertz CT molecular complexity index is 432. The second kappa shape index (κ2) is 6.83. The number of rotatable bonds is 4. The van der Waals surface area contributed by atoms with Gasteiger partial charge >= 0.3 is 6.09 Å². The molecule has 1 amide bonds. The number of carbonyl (C=O) groups excluding carboxylic acids is 1. The molecule has 0 aliphatic heterocycles. The number of nitrogens with one attached hydrogen (secondary N) is 2. The molecule has 0 unspecified atom stereocenters. The predicted molar refractivity (Wildman–Crippen MR) is 79.2 cm³/mol. The number of aromatic nitrogens is 2. The predicted octanol–water partition coefficient (Wildman–Crippen LogP) is 2.87. The number of hydrogen-bond acceptors (Lipinski definition) is 4. The van der Waals surface area contributed by atoms with E-state index in [0.717, 1.165) is 31.4 Å². The molecule has 2 rings (SSSR count). The Labute approximate surface area is 125 Å². The number of nitrogens with zero attached hydrogens (tertiary/aromatic N) is 1. The molecule has 1 fully saturated rings. The van der Waals surface area contributed by atoms with Crippen LogP contribution >= 0.6 is 0 Å². The SMILES string of the molecule is CC(C)(C)OC(=O)NC1CCC(COc2cn[nH]c2)CC1. The van der Waals surface area contributed by atoms with Crippen LogP contribution in [0.15, 0.2) is 12.4 Å². The van der Waals surface area contributed by atoms with Crippen LogP contribution in [-0.2, 0) is 4.74 Å². The van der Waals surface area contributed by atoms with E-state index in [1.807, 2.05) is 20.8 Å². The number of alkyl carbamates (subject to hydrolysis) is 1. The maximum Gasteiger partial charge on any atom is 0.407 e. The minimum atomic E-state index is -0.445. The summed E-state index contributed by atoms with van der Waals surface area (Å²) in [5.74, 6) is 1.32. The minimum absolute atomic E-state index is 0.213. The first kappa shape index (κ1) is 15.7. The van der Waals surface area contributed by atoms with Crippen molar-refractivity contribution in [3.05, 3.63) is 12.4 Å². The van der Waals surface area contributed by atoms with Gasteiger partial charge in [0.25, 0.3) is 0 Å². The first-order valence-electron chi connectivity index (χ1n) is 7.53. The fourth-order valence-electron chi connectivity index (χ4n) is 2.48. The first-order valence-corrected chi connectivity index (χ1v) is 7.53. The molecule has 6 heteroatoms. The maximum atomic E-state index is 11.7. The molecule has 6 nitrogen and oxygen atoms in total. The van der Waals surface area contributed by atoms with E-state index >= 15 is 0 Å². The zero-order valence-electron chi connectivity index (χ0n) is 13.0. The van der Waals surface area contributed by atoms with Gasteiger partial charge in [-0.1, -0.05) is 0 Å². The molecule has 2 N–H and O–H groups in total. The third kappa shape index (κ3) is 5.65. The summed E-state index contributed by atoms with van der Waals surface area (Å²) in [5.41, 5.74) is -0.445. The highest BCUT2D eigenvalue weighted by atomic mass is 16.6. The fourth-order valence-corrected chi connectivity index (χ4v) is 2.48. The van der Waals surface area contributed by atoms with E-state index < -0.39 is 5.60 Å². The quantitative estimate of drug-likeness (QED) is 0.895. The van der Waals surface area contributed by atoms with E-state index in [9.17, 15) is 4.79 Å². The number of hydrogen-bond donors (Lipinski definition) is 2. The van der Waals surface area contributed by atoms with E-state index in [4.69, 9.17) is 9.47 Å². The third-order valence-electron chi connectivity index (χ3n) is 3.53. The Morgan fingerprint density at radius 2 is 2.10 bits per heavy atom. The Balaban J connectivity index is 1.65. The van der Waals surface area contributed by atoms with Gasteiger partial charge in [-0.05, 0) is 52.4 Å². The minimum Gasteiger partial charge on any atom is -0.490 e. The Morgan fingerprint density at radius 1 is 1.38 bits per heavy atom. The highest BCUT2D eigenvalue weighted by molar-refractivity contribution is 5.68. The molecule has 0 aromatic carbocycles. The first-order chi connectivity index (χ1) is 9.92. The van der Waals surface area contributed by atoms with E-state index in [1.165, 1.54) is 0 Å². The van der Waals surface area contributed by atoms with Crippen molar-refractivity contribution in [3.63, 3.8) is 0 Å². The summed E-state index contributed by atoms with van der Waals surface area (Å²) in [5, 5.41) is 9.53. The molecule has 0 spiro atoms. The van der Waals surface area contributed by atoms with E-state index in [2.05, 4.69) is 15.5 Å². The molecule has 1 aliphatic carbocycles. The fraction of sp³-hybridized carbons (Fsp3) is 0.733. The van der Waals surface area contributed by atoms with Crippen molar-refractivity contribution in [2.24, 2.45) is 5.92 Å². The van der Waals surface area contributed by atoms with Crippen LogP contribution in [0.3, 0.4) is 0 Å². The van der Waals surface area contributed by atoms with Crippen LogP contribution in [0, 0.1) is 5.92 Å². The van der Waals surface area contributed by atoms with Crippen LogP contribution in [-0.4, -0.2) is 34.5 Å². The van der Waals surface area contributed by atoms with Gasteiger partial charge in [0.1, 0.15) is 5.60 Å². The standard InChI is InChI=1S/C15H25N3O3/c1-15(2,3)21-14(19)18-12-6-4-11(5-7-12)10-20-13-8-16-17-9-13/h8-9,11-12H,4-7,10H2,1-3H3,(H,16,17)(H,18,19). The van der Waals surface area contributed by atoms with Gasteiger partial charge in [-0.15, -0.1) is 0 Å². The lowest BCUT2D eigenvalue weighted by Gasteiger charge is -2.29. The van der Waals surface area contributed by atoms with Gasteiger partial charge in [0.05, 0.1) is 19.0 Å². The zero-order chi connectivity index (χ0) is 15.3. The molecule has 0 saturated heterocycles. The van der Waals surface area contributed by atoms with Crippen molar-refractivity contribution in [2.75, 3.05) is 6.61 Å². The molecule has 1 aliphatic rings. The van der Waals surface area contributed by atoms with E-state index in [0.29, 0.717) is 12.5 Å². The van der Waals surface area contributed by atoms with Crippen LogP contribution in [0.1, 0.15) is 46.5 Å². The van der Waals surface area contributed by atoms with Crippen molar-refractivity contribution >= 4 is 6.09 Å². The summed E-state index contributed by atoms with van der Waals surface area (Å²) in [6, 6.07) is 0.213. The lowest BCUT2D eigenvalue weighted by molar-refractivity contribution is 0.0483. The summed E-state index contributed by atoms with van der Waals surface area (Å²) >= 11 is 0. The number of H-pyrrole nitrogens is 1. The molecule has 21 heavy (non-hydrogen) atoms. The van der Waals surface area contributed by atoms with E-state index in [1.54, 1.807) is 12.4 Å². The second-order valence-electron chi connectivity index (χ2n) is 6.61. The molecular formula is C15H25N3O3. The molecule has 1 heterocycles. The van der Waals surface area contributed by atoms with Gasteiger partial charge in [0.15, 0.2) is 5.75 Å². The molecule has 1 aromatic rings. The summed E-state index contributed by atoms with van der Waals surface area (Å²) in [4.78, 5) is 11.7. The average molecular weight is 295 g/mol. The van der Waals surface area contributed by atoms with Gasteiger partial charge in [-0.3, -0.25) is 5.10 Å². The Morgan fingerprint density at radius 3 is 2.67 bits per heavy atom. The van der Waals surface area contributed by atoms with Crippen LogP contribution in [0.25, 0.3) is 0 Å². The molecule has 1 aromatic heterocycles. The van der Waals surface area contributed by atoms with Crippen molar-refractivity contribution < 1.29 is 14.3 Å². The van der Waals surface area contributed by atoms with Crippen molar-refractivity contribution in [1.29, 1.82) is 0 Å². The van der Waals surface area contributed by atoms with Crippen molar-refractivity contribution in [3.8, 4) is 5.75 Å². The van der Waals surface area contributed by atoms with Crippen LogP contribution in [0.4, 0.5) is 4.79 Å². The number of carbonyl (C=O) groups is 1. The Hall–Kier alpha value is -1.72. The summed E-state index contributed by atoms with van der Waals surface area (Å²) in [7, 11) is 0. The molecule has 118 valence electrons. The summed E-state index contributed by atoms with van der Waals surface area (Å²) in [6.45, 7) is 6.32. The van der Waals surface area contributed by atoms with Gasteiger partial charge in [0.2, 0.25) is 0 Å². The largest absolute Gasteiger partial charge is 0.490 e.